The molecule has 0 aliphatic carbocycles. The Morgan fingerprint density at radius 1 is 1.06 bits per heavy atom. The fourth-order valence-corrected chi connectivity index (χ4v) is 1.42. The van der Waals surface area contributed by atoms with Crippen LogP contribution in [0.3, 0.4) is 0 Å². The normalized spacial score (nSPS) is 9.75. The highest BCUT2D eigenvalue weighted by Gasteiger charge is 2.16. The first kappa shape index (κ1) is 12.2. The van der Waals surface area contributed by atoms with Crippen LogP contribution in [0.2, 0.25) is 0 Å². The van der Waals surface area contributed by atoms with E-state index in [1.165, 1.54) is 21.1 Å². The van der Waals surface area contributed by atoms with E-state index < -0.39 is 11.6 Å². The SMILES string of the molecule is COc1cc(C(=O)C(C)=O)cc(OC)c1C. The van der Waals surface area contributed by atoms with Crippen LogP contribution in [0.15, 0.2) is 12.1 Å². The quantitative estimate of drug-likeness (QED) is 0.575. The summed E-state index contributed by atoms with van der Waals surface area (Å²) in [5.74, 6) is 0.0115. The molecule has 86 valence electrons. The second-order valence-electron chi connectivity index (χ2n) is 3.39. The zero-order chi connectivity index (χ0) is 12.3. The molecule has 0 heterocycles. The van der Waals surface area contributed by atoms with Crippen LogP contribution in [0.4, 0.5) is 0 Å². The maximum Gasteiger partial charge on any atom is 0.228 e. The Kier molecular flexibility index (Phi) is 3.66. The van der Waals surface area contributed by atoms with Crippen LogP contribution >= 0.6 is 0 Å². The van der Waals surface area contributed by atoms with Gasteiger partial charge < -0.3 is 9.47 Å². The minimum atomic E-state index is -0.545. The maximum atomic E-state index is 11.5. The lowest BCUT2D eigenvalue weighted by atomic mass is 10.0. The van der Waals surface area contributed by atoms with Gasteiger partial charge in [-0.15, -0.1) is 0 Å². The van der Waals surface area contributed by atoms with Crippen LogP contribution in [0, 0.1) is 6.92 Å². The van der Waals surface area contributed by atoms with E-state index >= 15 is 0 Å². The van der Waals surface area contributed by atoms with Crippen molar-refractivity contribution >= 4 is 11.6 Å². The predicted octanol–water partition coefficient (Wildman–Crippen LogP) is 1.78. The second-order valence-corrected chi connectivity index (χ2v) is 3.39. The highest BCUT2D eigenvalue weighted by Crippen LogP contribution is 2.29. The summed E-state index contributed by atoms with van der Waals surface area (Å²) in [5, 5.41) is 0. The molecule has 4 nitrogen and oxygen atoms in total. The van der Waals surface area contributed by atoms with Crippen LogP contribution < -0.4 is 9.47 Å². The Bertz CT molecular complexity index is 410. The van der Waals surface area contributed by atoms with Gasteiger partial charge in [0.05, 0.1) is 14.2 Å². The maximum absolute atomic E-state index is 11.5. The van der Waals surface area contributed by atoms with Gasteiger partial charge in [0, 0.05) is 18.1 Å². The van der Waals surface area contributed by atoms with E-state index in [1.54, 1.807) is 12.1 Å². The number of hydrogen-bond acceptors (Lipinski definition) is 4. The van der Waals surface area contributed by atoms with E-state index in [0.29, 0.717) is 11.5 Å². The molecule has 0 atom stereocenters. The van der Waals surface area contributed by atoms with Gasteiger partial charge in [0.15, 0.2) is 5.78 Å². The van der Waals surface area contributed by atoms with E-state index in [2.05, 4.69) is 0 Å². The zero-order valence-corrected chi connectivity index (χ0v) is 9.79. The number of ketones is 2. The van der Waals surface area contributed by atoms with Crippen LogP contribution in [-0.4, -0.2) is 25.8 Å². The number of hydrogen-bond donors (Lipinski definition) is 0. The number of methoxy groups -OCH3 is 2. The molecule has 1 rings (SSSR count). The molecule has 0 spiro atoms. The van der Waals surface area contributed by atoms with Crippen LogP contribution in [0.5, 0.6) is 11.5 Å². The molecule has 0 N–H and O–H groups in total. The Hall–Kier alpha value is -1.84. The van der Waals surface area contributed by atoms with Gasteiger partial charge in [0.2, 0.25) is 5.78 Å². The predicted molar refractivity (Wildman–Crippen MR) is 59.3 cm³/mol. The lowest BCUT2D eigenvalue weighted by Crippen LogP contribution is -2.10. The summed E-state index contributed by atoms with van der Waals surface area (Å²) in [5.41, 5.74) is 1.08. The fraction of sp³-hybridized carbons (Fsp3) is 0.333. The molecule has 0 amide bonds. The van der Waals surface area contributed by atoms with Crippen molar-refractivity contribution in [2.75, 3.05) is 14.2 Å². The number of carbonyl (C=O) groups excluding carboxylic acids is 2. The van der Waals surface area contributed by atoms with Gasteiger partial charge in [0.25, 0.3) is 0 Å². The molecule has 0 aromatic heterocycles. The molecule has 0 fully saturated rings. The molecule has 4 heteroatoms. The lowest BCUT2D eigenvalue weighted by Gasteiger charge is -2.11. The average molecular weight is 222 g/mol. The minimum Gasteiger partial charge on any atom is -0.496 e. The second kappa shape index (κ2) is 4.79. The summed E-state index contributed by atoms with van der Waals surface area (Å²) >= 11 is 0. The first-order chi connectivity index (χ1) is 7.51. The summed E-state index contributed by atoms with van der Waals surface area (Å²) in [6, 6.07) is 3.09. The van der Waals surface area contributed by atoms with Crippen molar-refractivity contribution < 1.29 is 19.1 Å². The van der Waals surface area contributed by atoms with E-state index in [-0.39, 0.29) is 5.56 Å². The number of benzene rings is 1. The van der Waals surface area contributed by atoms with E-state index in [0.717, 1.165) is 5.56 Å². The molecule has 0 unspecified atom stereocenters. The van der Waals surface area contributed by atoms with Gasteiger partial charge in [-0.05, 0) is 19.1 Å². The number of Topliss-reactive ketones (excluding diaryl/α,β-unsaturated/α-hetero) is 2. The van der Waals surface area contributed by atoms with E-state index in [1.807, 2.05) is 6.92 Å². The number of ether oxygens (including phenoxy) is 2. The van der Waals surface area contributed by atoms with Gasteiger partial charge in [-0.3, -0.25) is 9.59 Å². The molecule has 0 aliphatic heterocycles. The molecule has 0 aliphatic rings. The standard InChI is InChI=1S/C12H14O4/c1-7-10(15-3)5-9(6-11(7)16-4)12(14)8(2)13/h5-6H,1-4H3. The first-order valence-corrected chi connectivity index (χ1v) is 4.79. The van der Waals surface area contributed by atoms with Crippen molar-refractivity contribution in [1.82, 2.24) is 0 Å². The topological polar surface area (TPSA) is 52.6 Å². The van der Waals surface area contributed by atoms with Crippen LogP contribution in [0.25, 0.3) is 0 Å². The number of carbonyl (C=O) groups is 2. The van der Waals surface area contributed by atoms with Gasteiger partial charge in [-0.25, -0.2) is 0 Å². The first-order valence-electron chi connectivity index (χ1n) is 4.79. The van der Waals surface area contributed by atoms with Crippen molar-refractivity contribution in [2.45, 2.75) is 13.8 Å². The third kappa shape index (κ3) is 2.21. The Balaban J connectivity index is 3.32. The number of rotatable bonds is 4. The van der Waals surface area contributed by atoms with Gasteiger partial charge in [0.1, 0.15) is 11.5 Å². The van der Waals surface area contributed by atoms with E-state index in [4.69, 9.17) is 9.47 Å². The highest BCUT2D eigenvalue weighted by molar-refractivity contribution is 6.43. The molecule has 0 bridgehead atoms. The lowest BCUT2D eigenvalue weighted by molar-refractivity contribution is -0.113. The van der Waals surface area contributed by atoms with Crippen molar-refractivity contribution in [2.24, 2.45) is 0 Å². The highest BCUT2D eigenvalue weighted by atomic mass is 16.5. The van der Waals surface area contributed by atoms with E-state index in [9.17, 15) is 9.59 Å². The molecule has 0 saturated carbocycles. The van der Waals surface area contributed by atoms with Crippen LogP contribution in [0.1, 0.15) is 22.8 Å². The molecule has 0 saturated heterocycles. The average Bonchev–Trinajstić information content (AvgIpc) is 2.28. The third-order valence-corrected chi connectivity index (χ3v) is 2.33. The molecule has 1 aromatic rings. The molecular formula is C12H14O4. The van der Waals surface area contributed by atoms with Crippen LogP contribution in [-0.2, 0) is 4.79 Å². The van der Waals surface area contributed by atoms with Crippen molar-refractivity contribution in [3.8, 4) is 11.5 Å². The summed E-state index contributed by atoms with van der Waals surface area (Å²) in [6.07, 6.45) is 0. The van der Waals surface area contributed by atoms with Gasteiger partial charge in [-0.2, -0.15) is 0 Å². The summed E-state index contributed by atoms with van der Waals surface area (Å²) in [4.78, 5) is 22.5. The summed E-state index contributed by atoms with van der Waals surface area (Å²) in [7, 11) is 3.01. The van der Waals surface area contributed by atoms with Crippen molar-refractivity contribution in [3.63, 3.8) is 0 Å². The molecular weight excluding hydrogens is 208 g/mol. The monoisotopic (exact) mass is 222 g/mol. The molecule has 16 heavy (non-hydrogen) atoms. The smallest absolute Gasteiger partial charge is 0.228 e. The zero-order valence-electron chi connectivity index (χ0n) is 9.79. The van der Waals surface area contributed by atoms with Gasteiger partial charge in [-0.1, -0.05) is 0 Å². The Morgan fingerprint density at radius 2 is 1.50 bits per heavy atom. The Morgan fingerprint density at radius 3 is 1.81 bits per heavy atom. The Labute approximate surface area is 94.2 Å². The minimum absolute atomic E-state index is 0.284. The summed E-state index contributed by atoms with van der Waals surface area (Å²) < 4.78 is 10.2. The third-order valence-electron chi connectivity index (χ3n) is 2.33. The van der Waals surface area contributed by atoms with Crippen molar-refractivity contribution in [1.29, 1.82) is 0 Å². The van der Waals surface area contributed by atoms with Crippen molar-refractivity contribution in [3.05, 3.63) is 23.3 Å². The molecule has 0 radical (unpaired) electrons. The molecule has 1 aromatic carbocycles. The summed E-state index contributed by atoms with van der Waals surface area (Å²) in [6.45, 7) is 3.06. The largest absolute Gasteiger partial charge is 0.496 e. The fourth-order valence-electron chi connectivity index (χ4n) is 1.42. The van der Waals surface area contributed by atoms with Gasteiger partial charge >= 0.3 is 0 Å².